The number of aromatic amines is 2. The summed E-state index contributed by atoms with van der Waals surface area (Å²) in [6.45, 7) is 4.07. The van der Waals surface area contributed by atoms with Crippen LogP contribution in [0, 0.1) is 11.6 Å². The van der Waals surface area contributed by atoms with Gasteiger partial charge in [0.2, 0.25) is 0 Å². The van der Waals surface area contributed by atoms with Crippen LogP contribution in [0.15, 0.2) is 41.5 Å². The van der Waals surface area contributed by atoms with E-state index in [1.165, 1.54) is 24.4 Å². The maximum atomic E-state index is 14.5. The van der Waals surface area contributed by atoms with E-state index in [1.807, 2.05) is 6.92 Å². The molecule has 0 spiro atoms. The zero-order chi connectivity index (χ0) is 26.9. The van der Waals surface area contributed by atoms with E-state index in [9.17, 15) is 18.4 Å². The molecule has 0 saturated heterocycles. The number of amides is 1. The molecule has 0 saturated carbocycles. The molecule has 0 unspecified atom stereocenters. The van der Waals surface area contributed by atoms with Crippen molar-refractivity contribution in [1.82, 2.24) is 40.7 Å². The van der Waals surface area contributed by atoms with Crippen molar-refractivity contribution in [2.45, 2.75) is 57.4 Å². The molecule has 1 amide bonds. The summed E-state index contributed by atoms with van der Waals surface area (Å²) in [6.07, 6.45) is 5.91. The van der Waals surface area contributed by atoms with Gasteiger partial charge in [-0.3, -0.25) is 14.8 Å². The summed E-state index contributed by atoms with van der Waals surface area (Å²) in [5, 5.41) is 17.5. The van der Waals surface area contributed by atoms with Crippen molar-refractivity contribution in [3.63, 3.8) is 0 Å². The molecule has 38 heavy (non-hydrogen) atoms. The Morgan fingerprint density at radius 2 is 1.97 bits per heavy atom. The quantitative estimate of drug-likeness (QED) is 0.338. The summed E-state index contributed by atoms with van der Waals surface area (Å²) in [5.74, 6) is -1.47. The molecule has 2 atom stereocenters. The first-order valence-electron chi connectivity index (χ1n) is 12.4. The van der Waals surface area contributed by atoms with E-state index in [-0.39, 0.29) is 35.2 Å². The number of H-pyrrole nitrogens is 2. The highest BCUT2D eigenvalue weighted by molar-refractivity contribution is 5.91. The Kier molecular flexibility index (Phi) is 6.79. The molecule has 1 aliphatic rings. The molecule has 4 aromatic rings. The fourth-order valence-corrected chi connectivity index (χ4v) is 5.20. The van der Waals surface area contributed by atoms with Gasteiger partial charge >= 0.3 is 5.69 Å². The van der Waals surface area contributed by atoms with Crippen LogP contribution in [0.25, 0.3) is 11.3 Å². The lowest BCUT2D eigenvalue weighted by Gasteiger charge is -2.39. The van der Waals surface area contributed by atoms with Crippen LogP contribution in [0.4, 0.5) is 8.78 Å². The maximum Gasteiger partial charge on any atom is 0.340 e. The normalized spacial score (nSPS) is 18.7. The van der Waals surface area contributed by atoms with Gasteiger partial charge in [-0.15, -0.1) is 5.10 Å². The van der Waals surface area contributed by atoms with Crippen LogP contribution >= 0.6 is 0 Å². The van der Waals surface area contributed by atoms with Gasteiger partial charge in [0.05, 0.1) is 40.8 Å². The van der Waals surface area contributed by atoms with E-state index < -0.39 is 28.6 Å². The van der Waals surface area contributed by atoms with Crippen molar-refractivity contribution in [1.29, 1.82) is 0 Å². The van der Waals surface area contributed by atoms with Crippen LogP contribution in [0.2, 0.25) is 0 Å². The Morgan fingerprint density at radius 1 is 1.18 bits per heavy atom. The molecule has 1 aromatic carbocycles. The molecule has 5 rings (SSSR count). The van der Waals surface area contributed by atoms with Crippen LogP contribution in [-0.4, -0.2) is 41.3 Å². The number of aromatic nitrogens is 7. The highest BCUT2D eigenvalue weighted by Gasteiger charge is 2.43. The summed E-state index contributed by atoms with van der Waals surface area (Å²) in [4.78, 5) is 35.4. The van der Waals surface area contributed by atoms with E-state index in [4.69, 9.17) is 0 Å². The number of hydrogen-bond donors (Lipinski definition) is 3. The van der Waals surface area contributed by atoms with Crippen molar-refractivity contribution in [3.8, 4) is 11.3 Å². The first-order chi connectivity index (χ1) is 18.4. The van der Waals surface area contributed by atoms with Crippen LogP contribution in [0.1, 0.15) is 78.7 Å². The van der Waals surface area contributed by atoms with Crippen LogP contribution in [0.3, 0.4) is 0 Å². The smallest absolute Gasteiger partial charge is 0.340 e. The first-order valence-corrected chi connectivity index (χ1v) is 12.4. The zero-order valence-electron chi connectivity index (χ0n) is 20.9. The second-order valence-corrected chi connectivity index (χ2v) is 9.31. The second kappa shape index (κ2) is 10.2. The van der Waals surface area contributed by atoms with Gasteiger partial charge in [0.25, 0.3) is 5.91 Å². The van der Waals surface area contributed by atoms with E-state index in [2.05, 4.69) is 47.6 Å². The Bertz CT molecular complexity index is 1530. The Morgan fingerprint density at radius 3 is 2.66 bits per heavy atom. The molecule has 12 heteroatoms. The Hall–Kier alpha value is -4.35. The summed E-state index contributed by atoms with van der Waals surface area (Å²) >= 11 is 0. The number of nitrogens with zero attached hydrogens (tertiary/aromatic N) is 5. The fourth-order valence-electron chi connectivity index (χ4n) is 5.20. The standard InChI is InChI=1S/C26H26F2N8O2/c1-3-14-8-9-26(4-2,23-15(14)10-18(33-35-23)22-16(27)6-5-7-17(22)28)20-12-29-11-19(31-20)24(37)30-13-21-32-25(38)36-34-21/h5-7,10-12,14H,3-4,8-9,13H2,1-2H3,(H,30,37)(H2,32,34,36,38)/t14-,26+/m0/s1. The van der Waals surface area contributed by atoms with E-state index >= 15 is 0 Å². The van der Waals surface area contributed by atoms with Crippen molar-refractivity contribution in [2.75, 3.05) is 0 Å². The largest absolute Gasteiger partial charge is 0.343 e. The monoisotopic (exact) mass is 520 g/mol. The third kappa shape index (κ3) is 4.46. The number of halogens is 2. The molecule has 3 N–H and O–H groups in total. The number of nitrogens with one attached hydrogen (secondary N) is 3. The van der Waals surface area contributed by atoms with E-state index in [1.54, 1.807) is 12.3 Å². The Balaban J connectivity index is 1.53. The number of carbonyl (C=O) groups is 1. The molecule has 196 valence electrons. The third-order valence-corrected chi connectivity index (χ3v) is 7.28. The predicted molar refractivity (Wildman–Crippen MR) is 133 cm³/mol. The van der Waals surface area contributed by atoms with Gasteiger partial charge in [0.1, 0.15) is 23.2 Å². The van der Waals surface area contributed by atoms with Crippen molar-refractivity contribution >= 4 is 5.91 Å². The molecule has 0 radical (unpaired) electrons. The number of rotatable bonds is 7. The molecule has 0 bridgehead atoms. The van der Waals surface area contributed by atoms with E-state index in [0.717, 1.165) is 18.4 Å². The highest BCUT2D eigenvalue weighted by atomic mass is 19.1. The molecule has 3 heterocycles. The Labute approximate surface area is 216 Å². The second-order valence-electron chi connectivity index (χ2n) is 9.31. The maximum absolute atomic E-state index is 14.5. The molecule has 0 fully saturated rings. The van der Waals surface area contributed by atoms with E-state index in [0.29, 0.717) is 24.2 Å². The average molecular weight is 521 g/mol. The summed E-state index contributed by atoms with van der Waals surface area (Å²) in [5.41, 5.74) is 0.997. The van der Waals surface area contributed by atoms with Gasteiger partial charge in [-0.05, 0) is 55.4 Å². The van der Waals surface area contributed by atoms with Gasteiger partial charge in [-0.25, -0.2) is 23.7 Å². The lowest BCUT2D eigenvalue weighted by Crippen LogP contribution is -2.36. The highest BCUT2D eigenvalue weighted by Crippen LogP contribution is 2.48. The minimum absolute atomic E-state index is 0.00424. The molecular formula is C26H26F2N8O2. The number of benzene rings is 1. The number of hydrogen-bond acceptors (Lipinski definition) is 7. The van der Waals surface area contributed by atoms with Crippen molar-refractivity contribution < 1.29 is 13.6 Å². The van der Waals surface area contributed by atoms with Gasteiger partial charge in [-0.2, -0.15) is 10.2 Å². The number of carbonyl (C=O) groups excluding carboxylic acids is 1. The summed E-state index contributed by atoms with van der Waals surface area (Å²) in [7, 11) is 0. The number of fused-ring (bicyclic) bond motifs is 1. The molecule has 0 aliphatic heterocycles. The summed E-state index contributed by atoms with van der Waals surface area (Å²) in [6, 6.07) is 5.44. The first kappa shape index (κ1) is 25.3. The zero-order valence-corrected chi connectivity index (χ0v) is 20.9. The van der Waals surface area contributed by atoms with Gasteiger partial charge in [-0.1, -0.05) is 19.9 Å². The van der Waals surface area contributed by atoms with Gasteiger partial charge in [0.15, 0.2) is 0 Å². The SMILES string of the molecule is CC[C@H]1CC[C@](CC)(c2cncc(C(=O)NCc3n[nH]c(=O)[nH]3)n2)c2nnc(-c3c(F)cccc3F)cc21. The molecular weight excluding hydrogens is 494 g/mol. The van der Waals surface area contributed by atoms with Crippen LogP contribution in [-0.2, 0) is 12.0 Å². The minimum Gasteiger partial charge on any atom is -0.343 e. The summed E-state index contributed by atoms with van der Waals surface area (Å²) < 4.78 is 29.1. The van der Waals surface area contributed by atoms with Crippen molar-refractivity contribution in [3.05, 3.63) is 87.2 Å². The minimum atomic E-state index is -0.701. The molecule has 1 aliphatic carbocycles. The lowest BCUT2D eigenvalue weighted by atomic mass is 9.65. The van der Waals surface area contributed by atoms with Crippen LogP contribution < -0.4 is 11.0 Å². The van der Waals surface area contributed by atoms with Gasteiger partial charge < -0.3 is 5.32 Å². The molecule has 10 nitrogen and oxygen atoms in total. The third-order valence-electron chi connectivity index (χ3n) is 7.28. The van der Waals surface area contributed by atoms with Crippen LogP contribution in [0.5, 0.6) is 0 Å². The fraction of sp³-hybridized carbons (Fsp3) is 0.346. The predicted octanol–water partition coefficient (Wildman–Crippen LogP) is 3.54. The topological polar surface area (TPSA) is 142 Å². The molecule has 3 aromatic heterocycles. The lowest BCUT2D eigenvalue weighted by molar-refractivity contribution is 0.0944. The van der Waals surface area contributed by atoms with Gasteiger partial charge in [0, 0.05) is 6.20 Å². The average Bonchev–Trinajstić information content (AvgIpc) is 3.36. The van der Waals surface area contributed by atoms with Crippen molar-refractivity contribution in [2.24, 2.45) is 0 Å².